The molecule has 1 aliphatic rings. The molecule has 0 bridgehead atoms. The van der Waals surface area contributed by atoms with Gasteiger partial charge in [0.1, 0.15) is 11.2 Å². The van der Waals surface area contributed by atoms with Gasteiger partial charge < -0.3 is 0 Å². The summed E-state index contributed by atoms with van der Waals surface area (Å²) >= 11 is 0. The Morgan fingerprint density at radius 2 is 1.83 bits per heavy atom. The molecule has 2 heterocycles. The lowest BCUT2D eigenvalue weighted by Crippen LogP contribution is -2.68. The molecule has 0 amide bonds. The van der Waals surface area contributed by atoms with E-state index in [0.717, 1.165) is 12.8 Å². The third-order valence-electron chi connectivity index (χ3n) is 6.42. The van der Waals surface area contributed by atoms with Gasteiger partial charge in [0.25, 0.3) is 6.33 Å². The molecular formula is C22H31N2+. The minimum atomic E-state index is 0.0443. The first-order valence-corrected chi connectivity index (χ1v) is 9.41. The molecular weight excluding hydrogens is 292 g/mol. The van der Waals surface area contributed by atoms with Crippen molar-refractivity contribution in [2.24, 2.45) is 0 Å². The van der Waals surface area contributed by atoms with E-state index in [0.29, 0.717) is 5.92 Å². The third kappa shape index (κ3) is 2.22. The Kier molecular flexibility index (Phi) is 4.27. The van der Waals surface area contributed by atoms with Crippen molar-refractivity contribution < 1.29 is 4.57 Å². The fourth-order valence-electron chi connectivity index (χ4n) is 4.55. The molecule has 3 rings (SSSR count). The number of aromatic nitrogens is 2. The Labute approximate surface area is 147 Å². The molecule has 0 N–H and O–H groups in total. The molecule has 0 spiro atoms. The summed E-state index contributed by atoms with van der Waals surface area (Å²) in [5, 5.41) is 0. The van der Waals surface area contributed by atoms with E-state index < -0.39 is 0 Å². The number of hydrogen-bond acceptors (Lipinski definition) is 1. The number of fused-ring (bicyclic) bond motifs is 3. The van der Waals surface area contributed by atoms with Crippen molar-refractivity contribution in [2.75, 3.05) is 0 Å². The number of benzene rings is 1. The van der Waals surface area contributed by atoms with Gasteiger partial charge >= 0.3 is 0 Å². The zero-order valence-electron chi connectivity index (χ0n) is 16.1. The highest BCUT2D eigenvalue weighted by molar-refractivity contribution is 5.65. The number of hydrogen-bond donors (Lipinski definition) is 0. The summed E-state index contributed by atoms with van der Waals surface area (Å²) in [4.78, 5) is 4.80. The van der Waals surface area contributed by atoms with Crippen molar-refractivity contribution >= 4 is 0 Å². The van der Waals surface area contributed by atoms with Crippen LogP contribution in [0.2, 0.25) is 0 Å². The molecule has 0 saturated carbocycles. The van der Waals surface area contributed by atoms with Gasteiger partial charge in [-0.3, -0.25) is 0 Å². The van der Waals surface area contributed by atoms with E-state index in [-0.39, 0.29) is 11.0 Å². The highest BCUT2D eigenvalue weighted by Gasteiger charge is 2.53. The van der Waals surface area contributed by atoms with E-state index in [4.69, 9.17) is 4.98 Å². The summed E-state index contributed by atoms with van der Waals surface area (Å²) in [6, 6.07) is 11.3. The fourth-order valence-corrected chi connectivity index (χ4v) is 4.55. The molecule has 1 aromatic carbocycles. The summed E-state index contributed by atoms with van der Waals surface area (Å²) in [7, 11) is 0. The van der Waals surface area contributed by atoms with Crippen LogP contribution in [0.25, 0.3) is 11.3 Å². The molecule has 0 saturated heterocycles. The van der Waals surface area contributed by atoms with Crippen molar-refractivity contribution in [3.05, 3.63) is 47.9 Å². The quantitative estimate of drug-likeness (QED) is 0.692. The summed E-state index contributed by atoms with van der Waals surface area (Å²) < 4.78 is 2.47. The van der Waals surface area contributed by atoms with Gasteiger partial charge in [-0.05, 0) is 25.3 Å². The van der Waals surface area contributed by atoms with E-state index in [1.165, 1.54) is 28.9 Å². The second kappa shape index (κ2) is 5.98. The molecule has 24 heavy (non-hydrogen) atoms. The third-order valence-corrected chi connectivity index (χ3v) is 6.42. The van der Waals surface area contributed by atoms with Gasteiger partial charge in [-0.25, -0.2) is 4.57 Å². The lowest BCUT2D eigenvalue weighted by Gasteiger charge is -2.49. The molecule has 2 heteroatoms. The maximum absolute atomic E-state index is 4.80. The maximum Gasteiger partial charge on any atom is 0.287 e. The zero-order valence-corrected chi connectivity index (χ0v) is 16.1. The summed E-state index contributed by atoms with van der Waals surface area (Å²) in [6.45, 7) is 13.9. The molecule has 1 aromatic heterocycles. The van der Waals surface area contributed by atoms with E-state index in [1.807, 2.05) is 0 Å². The van der Waals surface area contributed by atoms with Crippen molar-refractivity contribution in [3.63, 3.8) is 0 Å². The Bertz CT molecular complexity index is 749. The van der Waals surface area contributed by atoms with Crippen molar-refractivity contribution in [1.29, 1.82) is 0 Å². The van der Waals surface area contributed by atoms with Crippen molar-refractivity contribution in [2.45, 2.75) is 77.7 Å². The molecule has 2 nitrogen and oxygen atoms in total. The first-order chi connectivity index (χ1) is 11.4. The van der Waals surface area contributed by atoms with Crippen LogP contribution >= 0.6 is 0 Å². The second-order valence-corrected chi connectivity index (χ2v) is 7.98. The largest absolute Gasteiger partial charge is 0.287 e. The van der Waals surface area contributed by atoms with Crippen LogP contribution in [0.1, 0.15) is 78.0 Å². The molecule has 128 valence electrons. The minimum Gasteiger partial charge on any atom is -0.224 e. The standard InChI is InChI=1S/C22H31N2/c1-7-13-22(6)21(5,8-2)18-12-10-9-11-17(18)20-14-19(16(3)4)23-15-24(20)22/h9-12,14-16H,7-8,13H2,1-6H3/q+1. The predicted octanol–water partition coefficient (Wildman–Crippen LogP) is 5.36. The van der Waals surface area contributed by atoms with Gasteiger partial charge in [-0.1, -0.05) is 70.3 Å². The summed E-state index contributed by atoms with van der Waals surface area (Å²) in [5.41, 5.74) is 5.52. The maximum atomic E-state index is 4.80. The van der Waals surface area contributed by atoms with Gasteiger partial charge in [-0.2, -0.15) is 0 Å². The van der Waals surface area contributed by atoms with Gasteiger partial charge in [-0.15, -0.1) is 0 Å². The SMILES string of the molecule is CCCC1(C)[n+]2cnc(C(C)C)cc2-c2ccccc2C1(C)CC. The zero-order chi connectivity index (χ0) is 17.5. The van der Waals surface area contributed by atoms with Gasteiger partial charge in [0, 0.05) is 23.0 Å². The van der Waals surface area contributed by atoms with Crippen LogP contribution in [-0.4, -0.2) is 4.98 Å². The predicted molar refractivity (Wildman–Crippen MR) is 100 cm³/mol. The Morgan fingerprint density at radius 3 is 2.46 bits per heavy atom. The average Bonchev–Trinajstić information content (AvgIpc) is 2.59. The van der Waals surface area contributed by atoms with Gasteiger partial charge in [0.2, 0.25) is 0 Å². The lowest BCUT2D eigenvalue weighted by atomic mass is 9.60. The van der Waals surface area contributed by atoms with Crippen LogP contribution in [0, 0.1) is 0 Å². The topological polar surface area (TPSA) is 16.8 Å². The first-order valence-electron chi connectivity index (χ1n) is 9.41. The Hall–Kier alpha value is -1.70. The number of nitrogens with zero attached hydrogens (tertiary/aromatic N) is 2. The molecule has 0 aliphatic carbocycles. The average molecular weight is 324 g/mol. The van der Waals surface area contributed by atoms with Crippen LogP contribution in [0.15, 0.2) is 36.7 Å². The van der Waals surface area contributed by atoms with Crippen LogP contribution in [0.3, 0.4) is 0 Å². The first kappa shape index (κ1) is 17.1. The van der Waals surface area contributed by atoms with E-state index in [1.54, 1.807) is 0 Å². The molecule has 0 radical (unpaired) electrons. The minimum absolute atomic E-state index is 0.0443. The lowest BCUT2D eigenvalue weighted by molar-refractivity contribution is -0.768. The van der Waals surface area contributed by atoms with Gasteiger partial charge in [0.15, 0.2) is 5.69 Å². The van der Waals surface area contributed by atoms with E-state index in [2.05, 4.69) is 82.8 Å². The Morgan fingerprint density at radius 1 is 1.12 bits per heavy atom. The molecule has 0 fully saturated rings. The van der Waals surface area contributed by atoms with Gasteiger partial charge in [0.05, 0.1) is 0 Å². The van der Waals surface area contributed by atoms with Crippen molar-refractivity contribution in [3.8, 4) is 11.3 Å². The monoisotopic (exact) mass is 323 g/mol. The number of rotatable bonds is 4. The Balaban J connectivity index is 2.36. The van der Waals surface area contributed by atoms with Crippen molar-refractivity contribution in [1.82, 2.24) is 4.98 Å². The normalized spacial score (nSPS) is 25.5. The molecule has 2 aromatic rings. The summed E-state index contributed by atoms with van der Waals surface area (Å²) in [6.07, 6.45) is 5.56. The van der Waals surface area contributed by atoms with Crippen LogP contribution in [0.4, 0.5) is 0 Å². The molecule has 2 atom stereocenters. The van der Waals surface area contributed by atoms with Crippen LogP contribution in [0.5, 0.6) is 0 Å². The second-order valence-electron chi connectivity index (χ2n) is 7.98. The smallest absolute Gasteiger partial charge is 0.224 e. The summed E-state index contributed by atoms with van der Waals surface area (Å²) in [5.74, 6) is 0.444. The molecule has 2 unspecified atom stereocenters. The highest BCUT2D eigenvalue weighted by atomic mass is 15.1. The van der Waals surface area contributed by atoms with E-state index >= 15 is 0 Å². The fraction of sp³-hybridized carbons (Fsp3) is 0.545. The van der Waals surface area contributed by atoms with Crippen LogP contribution < -0.4 is 4.57 Å². The van der Waals surface area contributed by atoms with E-state index in [9.17, 15) is 0 Å². The highest BCUT2D eigenvalue weighted by Crippen LogP contribution is 2.49. The molecule has 1 aliphatic heterocycles. The van der Waals surface area contributed by atoms with Crippen LogP contribution in [-0.2, 0) is 11.0 Å².